The lowest BCUT2D eigenvalue weighted by molar-refractivity contribution is 0.983. The second kappa shape index (κ2) is 5.02. The van der Waals surface area contributed by atoms with Gasteiger partial charge in [-0.15, -0.1) is 11.3 Å². The molecule has 96 valence electrons. The summed E-state index contributed by atoms with van der Waals surface area (Å²) in [6, 6.07) is 9.62. The molecule has 0 amide bonds. The number of nitrogen functional groups attached to an aromatic ring is 2. The number of hydrogen-bond acceptors (Lipinski definition) is 7. The van der Waals surface area contributed by atoms with E-state index in [1.807, 2.05) is 18.2 Å². The van der Waals surface area contributed by atoms with Crippen molar-refractivity contribution in [1.82, 2.24) is 15.0 Å². The van der Waals surface area contributed by atoms with E-state index >= 15 is 0 Å². The Morgan fingerprint density at radius 1 is 1.05 bits per heavy atom. The van der Waals surface area contributed by atoms with Gasteiger partial charge in [0, 0.05) is 6.07 Å². The van der Waals surface area contributed by atoms with Gasteiger partial charge in [-0.2, -0.15) is 0 Å². The molecule has 7 heteroatoms. The van der Waals surface area contributed by atoms with Crippen LogP contribution >= 0.6 is 23.1 Å². The summed E-state index contributed by atoms with van der Waals surface area (Å²) in [4.78, 5) is 12.8. The van der Waals surface area contributed by atoms with E-state index in [0.29, 0.717) is 22.5 Å². The molecule has 0 aliphatic carbocycles. The maximum absolute atomic E-state index is 5.63. The summed E-state index contributed by atoms with van der Waals surface area (Å²) in [6.45, 7) is 0. The summed E-state index contributed by atoms with van der Waals surface area (Å²) in [5, 5.41) is 1.62. The highest BCUT2D eigenvalue weighted by molar-refractivity contribution is 7.98. The molecule has 0 atom stereocenters. The Bertz CT molecular complexity index is 672. The smallest absolute Gasteiger partial charge is 0.191 e. The predicted octanol–water partition coefficient (Wildman–Crippen LogP) is 2.54. The fourth-order valence-corrected chi connectivity index (χ4v) is 3.47. The van der Waals surface area contributed by atoms with E-state index in [9.17, 15) is 0 Å². The second-order valence-corrected chi connectivity index (χ2v) is 5.92. The fraction of sp³-hybridized carbons (Fsp3) is 0.0833. The summed E-state index contributed by atoms with van der Waals surface area (Å²) in [6.07, 6.45) is 0. The SMILES string of the molecule is Nc1cc(N)nc(SCc2nc3ccccc3s2)n1. The van der Waals surface area contributed by atoms with Gasteiger partial charge in [0.1, 0.15) is 16.6 Å². The van der Waals surface area contributed by atoms with Crippen molar-refractivity contribution in [3.05, 3.63) is 35.3 Å². The number of para-hydroxylation sites is 1. The molecule has 0 unspecified atom stereocenters. The Kier molecular flexibility index (Phi) is 3.22. The quantitative estimate of drug-likeness (QED) is 0.569. The van der Waals surface area contributed by atoms with Crippen LogP contribution in [0.4, 0.5) is 11.6 Å². The van der Waals surface area contributed by atoms with E-state index in [4.69, 9.17) is 11.5 Å². The van der Waals surface area contributed by atoms with Gasteiger partial charge in [0.05, 0.1) is 16.0 Å². The van der Waals surface area contributed by atoms with Crippen molar-refractivity contribution in [3.8, 4) is 0 Å². The lowest BCUT2D eigenvalue weighted by Crippen LogP contribution is -1.99. The van der Waals surface area contributed by atoms with E-state index in [0.717, 1.165) is 10.5 Å². The molecule has 2 heterocycles. The van der Waals surface area contributed by atoms with Crippen LogP contribution in [0.3, 0.4) is 0 Å². The molecular weight excluding hydrogens is 278 g/mol. The number of fused-ring (bicyclic) bond motifs is 1. The number of benzene rings is 1. The maximum atomic E-state index is 5.63. The van der Waals surface area contributed by atoms with Crippen LogP contribution in [0.25, 0.3) is 10.2 Å². The minimum atomic E-state index is 0.388. The Labute approximate surface area is 118 Å². The van der Waals surface area contributed by atoms with Gasteiger partial charge in [-0.1, -0.05) is 23.9 Å². The van der Waals surface area contributed by atoms with Crippen molar-refractivity contribution in [2.75, 3.05) is 11.5 Å². The summed E-state index contributed by atoms with van der Waals surface area (Å²) >= 11 is 3.16. The van der Waals surface area contributed by atoms with Gasteiger partial charge in [0.15, 0.2) is 5.16 Å². The molecule has 4 N–H and O–H groups in total. The van der Waals surface area contributed by atoms with Gasteiger partial charge in [0.25, 0.3) is 0 Å². The first kappa shape index (κ1) is 12.2. The van der Waals surface area contributed by atoms with Crippen molar-refractivity contribution in [2.45, 2.75) is 10.9 Å². The number of aromatic nitrogens is 3. The molecular formula is C12H11N5S2. The third-order valence-corrected chi connectivity index (χ3v) is 4.49. The van der Waals surface area contributed by atoms with E-state index in [1.54, 1.807) is 17.4 Å². The third kappa shape index (κ3) is 2.77. The lowest BCUT2D eigenvalue weighted by atomic mass is 10.3. The zero-order chi connectivity index (χ0) is 13.2. The molecule has 0 saturated carbocycles. The molecule has 3 aromatic rings. The van der Waals surface area contributed by atoms with Crippen molar-refractivity contribution in [1.29, 1.82) is 0 Å². The zero-order valence-electron chi connectivity index (χ0n) is 9.91. The summed E-state index contributed by atoms with van der Waals surface area (Å²) < 4.78 is 1.19. The number of anilines is 2. The number of thioether (sulfide) groups is 1. The van der Waals surface area contributed by atoms with Crippen LogP contribution in [0.5, 0.6) is 0 Å². The first-order chi connectivity index (χ1) is 9.20. The van der Waals surface area contributed by atoms with Crippen LogP contribution in [0.2, 0.25) is 0 Å². The molecule has 0 aliphatic rings. The number of hydrogen-bond donors (Lipinski definition) is 2. The van der Waals surface area contributed by atoms with Crippen LogP contribution < -0.4 is 11.5 Å². The van der Waals surface area contributed by atoms with Crippen molar-refractivity contribution >= 4 is 45.0 Å². The topological polar surface area (TPSA) is 90.7 Å². The summed E-state index contributed by atoms with van der Waals surface area (Å²) in [5.41, 5.74) is 12.3. The number of rotatable bonds is 3. The van der Waals surface area contributed by atoms with Gasteiger partial charge in [-0.25, -0.2) is 15.0 Å². The molecule has 5 nitrogen and oxygen atoms in total. The molecule has 0 bridgehead atoms. The highest BCUT2D eigenvalue weighted by atomic mass is 32.2. The number of thiazole rings is 1. The zero-order valence-corrected chi connectivity index (χ0v) is 11.5. The molecule has 19 heavy (non-hydrogen) atoms. The average molecular weight is 289 g/mol. The molecule has 0 fully saturated rings. The van der Waals surface area contributed by atoms with Crippen LogP contribution in [0, 0.1) is 0 Å². The van der Waals surface area contributed by atoms with Gasteiger partial charge in [-0.3, -0.25) is 0 Å². The summed E-state index contributed by atoms with van der Waals surface area (Å²) in [5.74, 6) is 1.49. The molecule has 0 radical (unpaired) electrons. The fourth-order valence-electron chi connectivity index (χ4n) is 1.63. The van der Waals surface area contributed by atoms with E-state index in [2.05, 4.69) is 21.0 Å². The number of nitrogens with zero attached hydrogens (tertiary/aromatic N) is 3. The van der Waals surface area contributed by atoms with E-state index in [1.165, 1.54) is 16.5 Å². The highest BCUT2D eigenvalue weighted by Gasteiger charge is 2.06. The van der Waals surface area contributed by atoms with Gasteiger partial charge < -0.3 is 11.5 Å². The highest BCUT2D eigenvalue weighted by Crippen LogP contribution is 2.27. The van der Waals surface area contributed by atoms with Gasteiger partial charge in [-0.05, 0) is 12.1 Å². The first-order valence-electron chi connectivity index (χ1n) is 5.58. The standard InChI is InChI=1S/C12H11N5S2/c13-9-5-10(14)17-12(16-9)18-6-11-15-7-3-1-2-4-8(7)19-11/h1-5H,6H2,(H4,13,14,16,17). The normalized spacial score (nSPS) is 10.9. The number of nitrogens with two attached hydrogens (primary N) is 2. The molecule has 3 rings (SSSR count). The van der Waals surface area contributed by atoms with Crippen LogP contribution in [-0.2, 0) is 5.75 Å². The Hall–Kier alpha value is -1.86. The summed E-state index contributed by atoms with van der Waals surface area (Å²) in [7, 11) is 0. The minimum Gasteiger partial charge on any atom is -0.383 e. The van der Waals surface area contributed by atoms with Gasteiger partial charge >= 0.3 is 0 Å². The van der Waals surface area contributed by atoms with Crippen LogP contribution in [0.1, 0.15) is 5.01 Å². The Morgan fingerprint density at radius 3 is 2.53 bits per heavy atom. The van der Waals surface area contributed by atoms with Crippen LogP contribution in [-0.4, -0.2) is 15.0 Å². The van der Waals surface area contributed by atoms with Crippen LogP contribution in [0.15, 0.2) is 35.5 Å². The van der Waals surface area contributed by atoms with Crippen molar-refractivity contribution in [2.24, 2.45) is 0 Å². The molecule has 1 aromatic carbocycles. The van der Waals surface area contributed by atoms with Crippen molar-refractivity contribution in [3.63, 3.8) is 0 Å². The van der Waals surface area contributed by atoms with E-state index < -0.39 is 0 Å². The van der Waals surface area contributed by atoms with E-state index in [-0.39, 0.29) is 0 Å². The Balaban J connectivity index is 1.78. The molecule has 2 aromatic heterocycles. The third-order valence-electron chi connectivity index (χ3n) is 2.41. The van der Waals surface area contributed by atoms with Crippen molar-refractivity contribution < 1.29 is 0 Å². The largest absolute Gasteiger partial charge is 0.383 e. The maximum Gasteiger partial charge on any atom is 0.191 e. The molecule has 0 aliphatic heterocycles. The Morgan fingerprint density at radius 2 is 1.79 bits per heavy atom. The average Bonchev–Trinajstić information content (AvgIpc) is 2.78. The molecule has 0 spiro atoms. The second-order valence-electron chi connectivity index (χ2n) is 3.86. The first-order valence-corrected chi connectivity index (χ1v) is 7.38. The lowest BCUT2D eigenvalue weighted by Gasteiger charge is -2.00. The predicted molar refractivity (Wildman–Crippen MR) is 80.0 cm³/mol. The minimum absolute atomic E-state index is 0.388. The monoisotopic (exact) mass is 289 g/mol. The van der Waals surface area contributed by atoms with Gasteiger partial charge in [0.2, 0.25) is 0 Å². The molecule has 0 saturated heterocycles.